The van der Waals surface area contributed by atoms with E-state index in [9.17, 15) is 9.18 Å². The third kappa shape index (κ3) is 6.98. The maximum Gasteiger partial charge on any atom is 0.145 e. The third-order valence-corrected chi connectivity index (χ3v) is 3.97. The van der Waals surface area contributed by atoms with Crippen LogP contribution >= 0.6 is 11.6 Å². The molecule has 1 aliphatic carbocycles. The number of aryl methyl sites for hydroxylation is 1. The summed E-state index contributed by atoms with van der Waals surface area (Å²) in [5.41, 5.74) is 2.84. The molecule has 2 N–H and O–H groups in total. The molecule has 0 spiro atoms. The Bertz CT molecular complexity index is 719. The van der Waals surface area contributed by atoms with Crippen molar-refractivity contribution in [3.05, 3.63) is 64.5 Å². The van der Waals surface area contributed by atoms with Crippen LogP contribution in [0, 0.1) is 0 Å². The van der Waals surface area contributed by atoms with Gasteiger partial charge in [0.2, 0.25) is 0 Å². The van der Waals surface area contributed by atoms with Gasteiger partial charge in [0.05, 0.1) is 11.2 Å². The van der Waals surface area contributed by atoms with Crippen LogP contribution in [0.2, 0.25) is 0 Å². The summed E-state index contributed by atoms with van der Waals surface area (Å²) in [4.78, 5) is 9.17. The number of rotatable bonds is 3. The van der Waals surface area contributed by atoms with E-state index in [4.69, 9.17) is 11.6 Å². The summed E-state index contributed by atoms with van der Waals surface area (Å²) in [5, 5.41) is 10.4. The molecule has 2 heterocycles. The van der Waals surface area contributed by atoms with Crippen LogP contribution in [0.4, 0.5) is 4.39 Å². The minimum Gasteiger partial charge on any atom is -0.365 e. The molecule has 2 bridgehead atoms. The van der Waals surface area contributed by atoms with Gasteiger partial charge in [-0.3, -0.25) is 4.68 Å². The normalized spacial score (nSPS) is 15.9. The summed E-state index contributed by atoms with van der Waals surface area (Å²) in [5.74, 6) is -0.319. The standard InChI is InChI=1S/C9H7ClFN.C7H13N3.C3H6O/c10-8-2-1-7-5-6(9(8)11)3-4-12-7;1-6(8-2)7-4-9-10(3)5-7;1-2-3-4/h1-4,12H,5H2;4-6,8H,1-3H3;3H,2H2,1H3. The highest BCUT2D eigenvalue weighted by atomic mass is 35.5. The zero-order valence-corrected chi connectivity index (χ0v) is 16.3. The molecule has 0 amide bonds. The van der Waals surface area contributed by atoms with Gasteiger partial charge in [-0.15, -0.1) is 0 Å². The second-order valence-corrected chi connectivity index (χ2v) is 6.14. The van der Waals surface area contributed by atoms with E-state index in [1.807, 2.05) is 38.1 Å². The van der Waals surface area contributed by atoms with Gasteiger partial charge in [0.25, 0.3) is 0 Å². The van der Waals surface area contributed by atoms with Gasteiger partial charge in [-0.05, 0) is 37.8 Å². The molecule has 1 aromatic heterocycles. The maximum absolute atomic E-state index is 13.3. The minimum absolute atomic E-state index is 0.174. The molecule has 2 aliphatic rings. The number of aldehydes is 1. The average Bonchev–Trinajstić information content (AvgIpc) is 3.08. The van der Waals surface area contributed by atoms with Crippen LogP contribution in [0.25, 0.3) is 0 Å². The maximum atomic E-state index is 13.3. The van der Waals surface area contributed by atoms with Crippen molar-refractivity contribution in [2.75, 3.05) is 7.05 Å². The van der Waals surface area contributed by atoms with Gasteiger partial charge in [0.1, 0.15) is 12.1 Å². The average molecular weight is 381 g/mol. The Morgan fingerprint density at radius 1 is 1.50 bits per heavy atom. The van der Waals surface area contributed by atoms with E-state index in [-0.39, 0.29) is 10.9 Å². The zero-order chi connectivity index (χ0) is 19.5. The van der Waals surface area contributed by atoms with E-state index in [0.717, 1.165) is 12.0 Å². The lowest BCUT2D eigenvalue weighted by Crippen LogP contribution is -2.11. The number of aromatic nitrogens is 2. The molecule has 0 aromatic carbocycles. The highest BCUT2D eigenvalue weighted by Crippen LogP contribution is 2.29. The van der Waals surface area contributed by atoms with Crippen molar-refractivity contribution >= 4 is 17.9 Å². The van der Waals surface area contributed by atoms with Gasteiger partial charge in [-0.25, -0.2) is 4.39 Å². The van der Waals surface area contributed by atoms with Crippen LogP contribution in [-0.2, 0) is 11.8 Å². The van der Waals surface area contributed by atoms with Crippen LogP contribution in [-0.4, -0.2) is 23.1 Å². The van der Waals surface area contributed by atoms with Gasteiger partial charge < -0.3 is 15.4 Å². The zero-order valence-electron chi connectivity index (χ0n) is 15.6. The molecular weight excluding hydrogens is 355 g/mol. The van der Waals surface area contributed by atoms with Crippen molar-refractivity contribution < 1.29 is 9.18 Å². The van der Waals surface area contributed by atoms with Gasteiger partial charge in [0, 0.05) is 49.6 Å². The van der Waals surface area contributed by atoms with Crippen molar-refractivity contribution in [3.63, 3.8) is 0 Å². The van der Waals surface area contributed by atoms with Crippen molar-refractivity contribution in [1.29, 1.82) is 0 Å². The van der Waals surface area contributed by atoms with Gasteiger partial charge >= 0.3 is 0 Å². The Kier molecular flexibility index (Phi) is 9.62. The number of carbonyl (C=O) groups excluding carboxylic acids is 1. The summed E-state index contributed by atoms with van der Waals surface area (Å²) in [7, 11) is 3.86. The lowest BCUT2D eigenvalue weighted by molar-refractivity contribution is -0.107. The predicted molar refractivity (Wildman–Crippen MR) is 104 cm³/mol. The van der Waals surface area contributed by atoms with Crippen molar-refractivity contribution in [2.45, 2.75) is 32.7 Å². The quantitative estimate of drug-likeness (QED) is 0.777. The van der Waals surface area contributed by atoms with E-state index in [1.54, 1.807) is 24.4 Å². The van der Waals surface area contributed by atoms with Gasteiger partial charge in [-0.1, -0.05) is 18.5 Å². The number of hydrogen-bond acceptors (Lipinski definition) is 4. The van der Waals surface area contributed by atoms with Crippen LogP contribution in [0.5, 0.6) is 0 Å². The fraction of sp³-hybridized carbons (Fsp3) is 0.368. The highest BCUT2D eigenvalue weighted by Gasteiger charge is 2.14. The second-order valence-electron chi connectivity index (χ2n) is 5.73. The fourth-order valence-corrected chi connectivity index (χ4v) is 2.24. The molecule has 0 saturated heterocycles. The summed E-state index contributed by atoms with van der Waals surface area (Å²) in [6, 6.07) is 0.397. The first-order valence-electron chi connectivity index (χ1n) is 8.40. The van der Waals surface area contributed by atoms with Crippen molar-refractivity contribution in [2.24, 2.45) is 7.05 Å². The minimum atomic E-state index is -0.319. The van der Waals surface area contributed by atoms with Crippen LogP contribution in [0.1, 0.15) is 38.3 Å². The SMILES string of the molecule is CCC=O.CNC(C)c1cnn(C)c1.FC1=C2C=CNC(=CC=C1Cl)C2. The highest BCUT2D eigenvalue weighted by molar-refractivity contribution is 6.32. The first-order valence-corrected chi connectivity index (χ1v) is 8.78. The lowest BCUT2D eigenvalue weighted by atomic mass is 10.1. The molecule has 1 atom stereocenters. The number of hydrogen-bond donors (Lipinski definition) is 2. The van der Waals surface area contributed by atoms with E-state index >= 15 is 0 Å². The van der Waals surface area contributed by atoms with E-state index in [0.29, 0.717) is 24.5 Å². The first-order chi connectivity index (χ1) is 12.4. The van der Waals surface area contributed by atoms with Crippen LogP contribution in [0.3, 0.4) is 0 Å². The second kappa shape index (κ2) is 11.4. The largest absolute Gasteiger partial charge is 0.365 e. The van der Waals surface area contributed by atoms with E-state index < -0.39 is 0 Å². The molecule has 7 heteroatoms. The van der Waals surface area contributed by atoms with Crippen molar-refractivity contribution in [3.8, 4) is 0 Å². The third-order valence-electron chi connectivity index (χ3n) is 3.68. The summed E-state index contributed by atoms with van der Waals surface area (Å²) in [6.45, 7) is 3.92. The molecule has 1 aliphatic heterocycles. The monoisotopic (exact) mass is 380 g/mol. The summed E-state index contributed by atoms with van der Waals surface area (Å²) >= 11 is 5.66. The number of fused-ring (bicyclic) bond motifs is 2. The van der Waals surface area contributed by atoms with Crippen LogP contribution < -0.4 is 10.6 Å². The molecule has 0 fully saturated rings. The lowest BCUT2D eigenvalue weighted by Gasteiger charge is -2.12. The van der Waals surface area contributed by atoms with Crippen molar-refractivity contribution in [1.82, 2.24) is 20.4 Å². The number of carbonyl (C=O) groups is 1. The number of halogens is 2. The number of nitrogens with zero attached hydrogens (tertiary/aromatic N) is 2. The topological polar surface area (TPSA) is 59.0 Å². The van der Waals surface area contributed by atoms with Gasteiger partial charge in [-0.2, -0.15) is 5.10 Å². The Labute approximate surface area is 159 Å². The Morgan fingerprint density at radius 3 is 2.73 bits per heavy atom. The first kappa shape index (κ1) is 21.9. The molecule has 1 unspecified atom stereocenters. The number of nitrogens with one attached hydrogen (secondary N) is 2. The summed E-state index contributed by atoms with van der Waals surface area (Å²) < 4.78 is 15.1. The van der Waals surface area contributed by atoms with E-state index in [1.165, 1.54) is 5.56 Å². The van der Waals surface area contributed by atoms with Crippen LogP contribution in [0.15, 0.2) is 59.0 Å². The Hall–Kier alpha value is -2.18. The molecule has 1 aromatic rings. The Morgan fingerprint density at radius 2 is 2.19 bits per heavy atom. The molecule has 0 radical (unpaired) electrons. The molecule has 5 nitrogen and oxygen atoms in total. The smallest absolute Gasteiger partial charge is 0.145 e. The molecular formula is C19H26ClFN4O. The Balaban J connectivity index is 0.000000220. The number of allylic oxidation sites excluding steroid dienone is 6. The van der Waals surface area contributed by atoms with Gasteiger partial charge in [0.15, 0.2) is 0 Å². The predicted octanol–water partition coefficient (Wildman–Crippen LogP) is 4.03. The summed E-state index contributed by atoms with van der Waals surface area (Å²) in [6.07, 6.45) is 12.8. The molecule has 26 heavy (non-hydrogen) atoms. The fourth-order valence-electron chi connectivity index (χ4n) is 2.05. The molecule has 3 rings (SSSR count). The van der Waals surface area contributed by atoms with E-state index in [2.05, 4.69) is 22.7 Å². The molecule has 0 saturated carbocycles. The molecule has 142 valence electrons.